The lowest BCUT2D eigenvalue weighted by atomic mass is 9.38. The number of carbonyl (C=O) groups is 2. The number of esters is 1. The third-order valence-corrected chi connectivity index (χ3v) is 14.2. The van der Waals surface area contributed by atoms with Gasteiger partial charge in [-0.05, 0) is 115 Å². The Morgan fingerprint density at radius 1 is 0.833 bits per heavy atom. The second-order valence-corrected chi connectivity index (χ2v) is 16.8. The van der Waals surface area contributed by atoms with Gasteiger partial charge in [-0.2, -0.15) is 0 Å². The molecule has 0 amide bonds. The minimum atomic E-state index is -1.09. The molecule has 42 heavy (non-hydrogen) atoms. The second kappa shape index (κ2) is 11.3. The Morgan fingerprint density at radius 3 is 2.17 bits per heavy atom. The first-order valence-corrected chi connectivity index (χ1v) is 17.2. The van der Waals surface area contributed by atoms with Crippen LogP contribution in [0.5, 0.6) is 0 Å². The highest BCUT2D eigenvalue weighted by Gasteiger charge is 2.67. The van der Waals surface area contributed by atoms with Gasteiger partial charge in [-0.3, -0.25) is 0 Å². The summed E-state index contributed by atoms with van der Waals surface area (Å²) >= 11 is 0. The molecule has 0 saturated heterocycles. The number of rotatable bonds is 8. The van der Waals surface area contributed by atoms with E-state index in [9.17, 15) is 14.7 Å². The van der Waals surface area contributed by atoms with Gasteiger partial charge in [0.25, 0.3) is 0 Å². The van der Waals surface area contributed by atoms with Crippen molar-refractivity contribution in [2.24, 2.45) is 57.2 Å². The molecule has 9 atom stereocenters. The van der Waals surface area contributed by atoms with E-state index in [1.165, 1.54) is 63.9 Å². The average molecular weight is 579 g/mol. The van der Waals surface area contributed by atoms with Gasteiger partial charge in [-0.15, -0.1) is 0 Å². The molecule has 1 aromatic rings. The van der Waals surface area contributed by atoms with Crippen molar-refractivity contribution in [2.75, 3.05) is 0 Å². The van der Waals surface area contributed by atoms with Gasteiger partial charge in [0.2, 0.25) is 0 Å². The van der Waals surface area contributed by atoms with Gasteiger partial charge >= 0.3 is 11.9 Å². The van der Waals surface area contributed by atoms with Crippen molar-refractivity contribution in [3.05, 3.63) is 35.4 Å². The minimum Gasteiger partial charge on any atom is -0.478 e. The van der Waals surface area contributed by atoms with Crippen LogP contribution in [0.3, 0.4) is 0 Å². The molecule has 5 rings (SSSR count). The van der Waals surface area contributed by atoms with Crippen LogP contribution in [0.1, 0.15) is 147 Å². The normalized spacial score (nSPS) is 39.6. The highest BCUT2D eigenvalue weighted by molar-refractivity contribution is 6.02. The lowest BCUT2D eigenvalue weighted by Gasteiger charge is -2.67. The molecule has 0 heterocycles. The van der Waals surface area contributed by atoms with Gasteiger partial charge < -0.3 is 9.84 Å². The number of carboxylic acids is 1. The Kier molecular flexibility index (Phi) is 8.47. The molecule has 1 N–H and O–H groups in total. The lowest BCUT2D eigenvalue weighted by molar-refractivity contribution is -0.200. The van der Waals surface area contributed by atoms with Crippen LogP contribution in [-0.2, 0) is 4.74 Å². The fraction of sp³-hybridized carbons (Fsp3) is 0.789. The zero-order chi connectivity index (χ0) is 30.7. The van der Waals surface area contributed by atoms with Crippen LogP contribution < -0.4 is 0 Å². The molecule has 0 spiro atoms. The van der Waals surface area contributed by atoms with Crippen LogP contribution in [0.25, 0.3) is 0 Å². The first-order chi connectivity index (χ1) is 19.7. The number of carboxylic acid groups (broad SMARTS) is 1. The highest BCUT2D eigenvalue weighted by atomic mass is 16.5. The van der Waals surface area contributed by atoms with Crippen molar-refractivity contribution in [3.8, 4) is 0 Å². The number of fused-ring (bicyclic) bond motifs is 5. The maximum Gasteiger partial charge on any atom is 0.339 e. The van der Waals surface area contributed by atoms with E-state index in [2.05, 4.69) is 55.4 Å². The highest BCUT2D eigenvalue weighted by Crippen LogP contribution is 2.74. The summed E-state index contributed by atoms with van der Waals surface area (Å²) in [6, 6.07) is 6.44. The number of aromatic carboxylic acids is 1. The van der Waals surface area contributed by atoms with E-state index >= 15 is 0 Å². The topological polar surface area (TPSA) is 63.6 Å². The van der Waals surface area contributed by atoms with Crippen molar-refractivity contribution in [1.29, 1.82) is 0 Å². The zero-order valence-electron chi connectivity index (χ0n) is 27.8. The molecular weight excluding hydrogens is 520 g/mol. The zero-order valence-corrected chi connectivity index (χ0v) is 27.8. The van der Waals surface area contributed by atoms with E-state index in [1.54, 1.807) is 18.2 Å². The molecule has 0 radical (unpaired) electrons. The van der Waals surface area contributed by atoms with E-state index < -0.39 is 11.9 Å². The number of carbonyl (C=O) groups excluding carboxylic acids is 1. The monoisotopic (exact) mass is 578 g/mol. The summed E-state index contributed by atoms with van der Waals surface area (Å²) in [6.07, 6.45) is 13.8. The van der Waals surface area contributed by atoms with Crippen LogP contribution in [0.2, 0.25) is 0 Å². The first kappa shape index (κ1) is 31.6. The van der Waals surface area contributed by atoms with Gasteiger partial charge in [-0.1, -0.05) is 86.8 Å². The predicted molar refractivity (Wildman–Crippen MR) is 169 cm³/mol. The molecule has 4 heteroatoms. The predicted octanol–water partition coefficient (Wildman–Crippen LogP) is 10.1. The summed E-state index contributed by atoms with van der Waals surface area (Å²) in [4.78, 5) is 25.1. The molecule has 4 aliphatic rings. The Bertz CT molecular complexity index is 1170. The Morgan fingerprint density at radius 2 is 1.50 bits per heavy atom. The summed E-state index contributed by atoms with van der Waals surface area (Å²) in [5.41, 5.74) is 1.12. The fourth-order valence-corrected chi connectivity index (χ4v) is 11.7. The molecule has 4 nitrogen and oxygen atoms in total. The summed E-state index contributed by atoms with van der Waals surface area (Å²) in [5, 5.41) is 9.62. The van der Waals surface area contributed by atoms with Crippen LogP contribution in [0, 0.1) is 57.2 Å². The van der Waals surface area contributed by atoms with E-state index in [0.29, 0.717) is 16.7 Å². The Labute approximate surface area is 255 Å². The van der Waals surface area contributed by atoms with Crippen molar-refractivity contribution in [1.82, 2.24) is 0 Å². The summed E-state index contributed by atoms with van der Waals surface area (Å²) < 4.78 is 6.20. The molecule has 0 aliphatic heterocycles. The Balaban J connectivity index is 1.33. The maximum atomic E-state index is 13.3. The van der Waals surface area contributed by atoms with Crippen LogP contribution in [0.15, 0.2) is 24.3 Å². The smallest absolute Gasteiger partial charge is 0.339 e. The van der Waals surface area contributed by atoms with Gasteiger partial charge in [0.15, 0.2) is 0 Å². The SMILES string of the molecule is CC(C)CCC[C@@H](C)[C@H]1CC[C@@]2(C)C3CCC4C(C)(C)C(OC(=O)c5ccccc5C(=O)O)CC[C@]4(C)C3CC[C@]12C. The molecule has 4 fully saturated rings. The molecule has 1 aromatic carbocycles. The third-order valence-electron chi connectivity index (χ3n) is 14.2. The van der Waals surface area contributed by atoms with Gasteiger partial charge in [-0.25, -0.2) is 9.59 Å². The first-order valence-electron chi connectivity index (χ1n) is 17.2. The number of benzene rings is 1. The van der Waals surface area contributed by atoms with Crippen molar-refractivity contribution < 1.29 is 19.4 Å². The standard InChI is InChI=1S/C38H58O4/c1-24(2)12-11-13-25(3)28-18-22-38(8)30-16-17-31-35(4,5)32(20-21-36(31,6)29(30)19-23-37(28,38)7)42-34(41)27-15-10-9-14-26(27)33(39)40/h9-10,14-15,24-25,28-32H,11-13,16-23H2,1-8H3,(H,39,40)/t25-,28-,29?,30?,31?,32?,36-,37-,38+/m1/s1. The summed E-state index contributed by atoms with van der Waals surface area (Å²) in [6.45, 7) is 19.9. The van der Waals surface area contributed by atoms with Crippen LogP contribution in [0.4, 0.5) is 0 Å². The number of hydrogen-bond acceptors (Lipinski definition) is 3. The molecule has 4 unspecified atom stereocenters. The fourth-order valence-electron chi connectivity index (χ4n) is 11.7. The number of ether oxygens (including phenoxy) is 1. The van der Waals surface area contributed by atoms with Gasteiger partial charge in [0, 0.05) is 5.41 Å². The van der Waals surface area contributed by atoms with Crippen molar-refractivity contribution >= 4 is 11.9 Å². The van der Waals surface area contributed by atoms with Crippen LogP contribution >= 0.6 is 0 Å². The van der Waals surface area contributed by atoms with Crippen molar-refractivity contribution in [2.45, 2.75) is 132 Å². The van der Waals surface area contributed by atoms with E-state index in [1.807, 2.05) is 0 Å². The molecule has 4 aliphatic carbocycles. The molecule has 234 valence electrons. The summed E-state index contributed by atoms with van der Waals surface area (Å²) in [7, 11) is 0. The molecule has 4 saturated carbocycles. The average Bonchev–Trinajstić information content (AvgIpc) is 3.21. The number of hydrogen-bond donors (Lipinski definition) is 1. The minimum absolute atomic E-state index is 0.0177. The summed E-state index contributed by atoms with van der Waals surface area (Å²) in [5.74, 6) is 2.88. The van der Waals surface area contributed by atoms with Crippen molar-refractivity contribution in [3.63, 3.8) is 0 Å². The maximum absolute atomic E-state index is 13.3. The van der Waals surface area contributed by atoms with Gasteiger partial charge in [0.05, 0.1) is 11.1 Å². The Hall–Kier alpha value is -1.84. The van der Waals surface area contributed by atoms with E-state index in [-0.39, 0.29) is 28.1 Å². The quantitative estimate of drug-likeness (QED) is 0.312. The molecule has 0 bridgehead atoms. The van der Waals surface area contributed by atoms with E-state index in [0.717, 1.165) is 42.4 Å². The van der Waals surface area contributed by atoms with Gasteiger partial charge in [0.1, 0.15) is 6.10 Å². The van der Waals surface area contributed by atoms with E-state index in [4.69, 9.17) is 4.74 Å². The molecular formula is C38H58O4. The largest absolute Gasteiger partial charge is 0.478 e. The second-order valence-electron chi connectivity index (χ2n) is 16.8. The third kappa shape index (κ3) is 4.95. The lowest BCUT2D eigenvalue weighted by Crippen LogP contribution is -2.62. The molecule has 0 aromatic heterocycles. The van der Waals surface area contributed by atoms with Crippen LogP contribution in [-0.4, -0.2) is 23.1 Å².